The van der Waals surface area contributed by atoms with Crippen molar-refractivity contribution in [2.45, 2.75) is 39.9 Å². The number of benzene rings is 2. The fraction of sp³-hybridized carbons (Fsp3) is 0.258. The molecule has 5 rings (SSSR count). The third-order valence-electron chi connectivity index (χ3n) is 5.91. The number of imidazole rings is 1. The van der Waals surface area contributed by atoms with E-state index in [1.807, 2.05) is 43.3 Å². The number of H-pyrrole nitrogens is 1. The van der Waals surface area contributed by atoms with Crippen LogP contribution in [-0.2, 0) is 11.3 Å². The van der Waals surface area contributed by atoms with Gasteiger partial charge in [-0.05, 0) is 64.1 Å². The molecule has 5 aromatic rings. The summed E-state index contributed by atoms with van der Waals surface area (Å²) in [6, 6.07) is 17.6. The number of pyridine rings is 1. The van der Waals surface area contributed by atoms with Crippen LogP contribution < -0.4 is 14.8 Å². The molecule has 11 heteroatoms. The Morgan fingerprint density at radius 2 is 1.81 bits per heavy atom. The molecule has 0 aliphatic rings. The zero-order chi connectivity index (χ0) is 29.7. The monoisotopic (exact) mass is 570 g/mol. The average Bonchev–Trinajstić information content (AvgIpc) is 3.38. The standard InChI is InChI=1S/C31H31FN6O4/c1-19-8-7-10-23(35-19)29-28(37-26(38-29)18-41-25-11-6-5-9-21(25)32)20-12-13-22-24(16-20)36-27(17-34-22)40-15-14-33-30(39)42-31(2,3)4/h5-13,16-17H,14-15,18H2,1-4H3,(H,33,39)(H,37,38). The summed E-state index contributed by atoms with van der Waals surface area (Å²) in [4.78, 5) is 33.6. The highest BCUT2D eigenvalue weighted by Gasteiger charge is 2.18. The summed E-state index contributed by atoms with van der Waals surface area (Å²) < 4.78 is 30.7. The van der Waals surface area contributed by atoms with Gasteiger partial charge < -0.3 is 24.5 Å². The number of aryl methyl sites for hydroxylation is 1. The number of fused-ring (bicyclic) bond motifs is 1. The first-order valence-corrected chi connectivity index (χ1v) is 13.4. The summed E-state index contributed by atoms with van der Waals surface area (Å²) in [6.07, 6.45) is 1.02. The zero-order valence-electron chi connectivity index (χ0n) is 23.8. The van der Waals surface area contributed by atoms with Crippen LogP contribution in [-0.4, -0.2) is 49.8 Å². The minimum Gasteiger partial charge on any atom is -0.483 e. The number of halogens is 1. The van der Waals surface area contributed by atoms with Crippen molar-refractivity contribution in [3.05, 3.63) is 84.2 Å². The number of aromatic amines is 1. The number of nitrogens with zero attached hydrogens (tertiary/aromatic N) is 4. The molecule has 0 saturated heterocycles. The van der Waals surface area contributed by atoms with Crippen LogP contribution in [0.25, 0.3) is 33.7 Å². The predicted molar refractivity (Wildman–Crippen MR) is 156 cm³/mol. The fourth-order valence-electron chi connectivity index (χ4n) is 4.11. The Morgan fingerprint density at radius 3 is 2.60 bits per heavy atom. The second-order valence-electron chi connectivity index (χ2n) is 10.5. The molecular weight excluding hydrogens is 539 g/mol. The van der Waals surface area contributed by atoms with Crippen molar-refractivity contribution >= 4 is 17.1 Å². The van der Waals surface area contributed by atoms with Gasteiger partial charge in [-0.3, -0.25) is 4.98 Å². The van der Waals surface area contributed by atoms with Crippen LogP contribution >= 0.6 is 0 Å². The number of alkyl carbamates (subject to hydrolysis) is 1. The van der Waals surface area contributed by atoms with Crippen LogP contribution in [0, 0.1) is 12.7 Å². The number of nitrogens with one attached hydrogen (secondary N) is 2. The summed E-state index contributed by atoms with van der Waals surface area (Å²) in [5.41, 5.74) is 4.35. The Bertz CT molecular complexity index is 1720. The molecule has 3 aromatic heterocycles. The Balaban J connectivity index is 1.38. The van der Waals surface area contributed by atoms with Gasteiger partial charge in [0, 0.05) is 11.3 Å². The minimum absolute atomic E-state index is 0.0302. The third kappa shape index (κ3) is 7.17. The van der Waals surface area contributed by atoms with Crippen LogP contribution in [0.2, 0.25) is 0 Å². The Hall–Kier alpha value is -5.06. The second kappa shape index (κ2) is 12.2. The van der Waals surface area contributed by atoms with Gasteiger partial charge in [0.1, 0.15) is 24.6 Å². The largest absolute Gasteiger partial charge is 0.483 e. The van der Waals surface area contributed by atoms with Crippen molar-refractivity contribution in [1.82, 2.24) is 30.2 Å². The molecule has 1 amide bonds. The number of ether oxygens (including phenoxy) is 3. The highest BCUT2D eigenvalue weighted by molar-refractivity contribution is 5.85. The van der Waals surface area contributed by atoms with Crippen molar-refractivity contribution in [3.8, 4) is 34.3 Å². The lowest BCUT2D eigenvalue weighted by Gasteiger charge is -2.19. The van der Waals surface area contributed by atoms with Gasteiger partial charge in [0.25, 0.3) is 0 Å². The van der Waals surface area contributed by atoms with Gasteiger partial charge in [0.15, 0.2) is 11.6 Å². The van der Waals surface area contributed by atoms with Gasteiger partial charge in [-0.2, -0.15) is 0 Å². The lowest BCUT2D eigenvalue weighted by Crippen LogP contribution is -2.34. The normalized spacial score (nSPS) is 11.4. The SMILES string of the molecule is Cc1cccc(-c2[nH]c(COc3ccccc3F)nc2-c2ccc3ncc(OCCNC(=O)OC(C)(C)C)nc3c2)n1. The molecule has 0 radical (unpaired) electrons. The highest BCUT2D eigenvalue weighted by Crippen LogP contribution is 2.31. The summed E-state index contributed by atoms with van der Waals surface area (Å²) in [6.45, 7) is 7.77. The Labute approximate surface area is 242 Å². The van der Waals surface area contributed by atoms with E-state index >= 15 is 0 Å². The smallest absolute Gasteiger partial charge is 0.407 e. The maximum Gasteiger partial charge on any atom is 0.407 e. The summed E-state index contributed by atoms with van der Waals surface area (Å²) in [7, 11) is 0. The van der Waals surface area contributed by atoms with E-state index in [0.29, 0.717) is 39.8 Å². The number of hydrogen-bond acceptors (Lipinski definition) is 8. The molecule has 10 nitrogen and oxygen atoms in total. The molecule has 0 fully saturated rings. The molecule has 3 heterocycles. The van der Waals surface area contributed by atoms with Crippen molar-refractivity contribution < 1.29 is 23.4 Å². The summed E-state index contributed by atoms with van der Waals surface area (Å²) in [5.74, 6) is 0.511. The van der Waals surface area contributed by atoms with Gasteiger partial charge in [0.2, 0.25) is 5.88 Å². The van der Waals surface area contributed by atoms with E-state index in [1.54, 1.807) is 39.0 Å². The zero-order valence-corrected chi connectivity index (χ0v) is 23.8. The molecule has 0 spiro atoms. The summed E-state index contributed by atoms with van der Waals surface area (Å²) >= 11 is 0. The van der Waals surface area contributed by atoms with Gasteiger partial charge in [-0.15, -0.1) is 0 Å². The van der Waals surface area contributed by atoms with Crippen molar-refractivity contribution in [2.75, 3.05) is 13.2 Å². The van der Waals surface area contributed by atoms with Crippen LogP contribution in [0.15, 0.2) is 66.9 Å². The number of amides is 1. The molecule has 0 unspecified atom stereocenters. The van der Waals surface area contributed by atoms with E-state index in [4.69, 9.17) is 19.2 Å². The third-order valence-corrected chi connectivity index (χ3v) is 5.91. The van der Waals surface area contributed by atoms with E-state index in [-0.39, 0.29) is 25.5 Å². The first kappa shape index (κ1) is 28.5. The van der Waals surface area contributed by atoms with Gasteiger partial charge in [0.05, 0.1) is 40.9 Å². The molecule has 0 saturated carbocycles. The van der Waals surface area contributed by atoms with Crippen molar-refractivity contribution in [2.24, 2.45) is 0 Å². The molecule has 0 aliphatic carbocycles. The van der Waals surface area contributed by atoms with E-state index < -0.39 is 17.5 Å². The maximum absolute atomic E-state index is 14.1. The predicted octanol–water partition coefficient (Wildman–Crippen LogP) is 6.01. The van der Waals surface area contributed by atoms with Crippen LogP contribution in [0.5, 0.6) is 11.6 Å². The number of para-hydroxylation sites is 1. The lowest BCUT2D eigenvalue weighted by atomic mass is 10.1. The number of carbonyl (C=O) groups is 1. The first-order valence-electron chi connectivity index (χ1n) is 13.4. The minimum atomic E-state index is -0.580. The van der Waals surface area contributed by atoms with E-state index in [2.05, 4.69) is 25.3 Å². The quantitative estimate of drug-likeness (QED) is 0.207. The van der Waals surface area contributed by atoms with E-state index in [1.165, 1.54) is 12.3 Å². The topological polar surface area (TPSA) is 124 Å². The number of aromatic nitrogens is 5. The second-order valence-corrected chi connectivity index (χ2v) is 10.5. The van der Waals surface area contributed by atoms with Gasteiger partial charge >= 0.3 is 6.09 Å². The van der Waals surface area contributed by atoms with Crippen LogP contribution in [0.4, 0.5) is 9.18 Å². The molecular formula is C31H31FN6O4. The fourth-order valence-corrected chi connectivity index (χ4v) is 4.11. The highest BCUT2D eigenvalue weighted by atomic mass is 19.1. The van der Waals surface area contributed by atoms with E-state index in [9.17, 15) is 9.18 Å². The Morgan fingerprint density at radius 1 is 0.976 bits per heavy atom. The van der Waals surface area contributed by atoms with Gasteiger partial charge in [-0.1, -0.05) is 24.3 Å². The Kier molecular flexibility index (Phi) is 8.28. The van der Waals surface area contributed by atoms with Crippen molar-refractivity contribution in [1.29, 1.82) is 0 Å². The summed E-state index contributed by atoms with van der Waals surface area (Å²) in [5, 5.41) is 2.65. The molecule has 0 atom stereocenters. The lowest BCUT2D eigenvalue weighted by molar-refractivity contribution is 0.0520. The number of carbonyl (C=O) groups excluding carboxylic acids is 1. The van der Waals surface area contributed by atoms with Crippen molar-refractivity contribution in [3.63, 3.8) is 0 Å². The van der Waals surface area contributed by atoms with Crippen LogP contribution in [0.1, 0.15) is 32.3 Å². The molecule has 216 valence electrons. The molecule has 2 N–H and O–H groups in total. The maximum atomic E-state index is 14.1. The van der Waals surface area contributed by atoms with Crippen LogP contribution in [0.3, 0.4) is 0 Å². The number of rotatable bonds is 9. The first-order chi connectivity index (χ1) is 20.1. The molecule has 2 aromatic carbocycles. The number of hydrogen-bond donors (Lipinski definition) is 2. The molecule has 42 heavy (non-hydrogen) atoms. The molecule has 0 bridgehead atoms. The van der Waals surface area contributed by atoms with Gasteiger partial charge in [-0.25, -0.2) is 24.1 Å². The average molecular weight is 571 g/mol. The molecule has 0 aliphatic heterocycles. The van der Waals surface area contributed by atoms with E-state index in [0.717, 1.165) is 11.3 Å².